The van der Waals surface area contributed by atoms with Crippen LogP contribution in [-0.2, 0) is 0 Å². The van der Waals surface area contributed by atoms with Gasteiger partial charge in [0.05, 0.1) is 0 Å². The van der Waals surface area contributed by atoms with E-state index in [1.807, 2.05) is 18.8 Å². The number of nitrogens with zero attached hydrogens (tertiary/aromatic N) is 2. The van der Waals surface area contributed by atoms with Gasteiger partial charge in [0.2, 0.25) is 0 Å². The molecule has 0 bridgehead atoms. The summed E-state index contributed by atoms with van der Waals surface area (Å²) in [6.07, 6.45) is 8.51. The lowest BCUT2D eigenvalue weighted by atomic mass is 10.2. The summed E-state index contributed by atoms with van der Waals surface area (Å²) in [6.45, 7) is 2.10. The lowest BCUT2D eigenvalue weighted by Gasteiger charge is -2.18. The smallest absolute Gasteiger partial charge is 0.136 e. The summed E-state index contributed by atoms with van der Waals surface area (Å²) < 4.78 is 0. The molecule has 5 heteroatoms. The van der Waals surface area contributed by atoms with E-state index in [4.69, 9.17) is 4.98 Å². The highest BCUT2D eigenvalue weighted by atomic mass is 32.2. The molecule has 0 saturated heterocycles. The summed E-state index contributed by atoms with van der Waals surface area (Å²) >= 11 is 1.99. The Labute approximate surface area is 125 Å². The number of hydrogen-bond donors (Lipinski definition) is 2. The Morgan fingerprint density at radius 1 is 1.10 bits per heavy atom. The number of aromatic nitrogens is 2. The molecule has 0 radical (unpaired) electrons. The van der Waals surface area contributed by atoms with Crippen LogP contribution < -0.4 is 10.6 Å². The topological polar surface area (TPSA) is 49.8 Å². The van der Waals surface area contributed by atoms with Crippen LogP contribution in [0.15, 0.2) is 0 Å². The molecule has 0 spiro atoms. The molecule has 0 aliphatic heterocycles. The van der Waals surface area contributed by atoms with Crippen molar-refractivity contribution >= 4 is 23.4 Å². The van der Waals surface area contributed by atoms with Crippen LogP contribution >= 0.6 is 11.8 Å². The number of thioether (sulfide) groups is 1. The van der Waals surface area contributed by atoms with Gasteiger partial charge < -0.3 is 10.6 Å². The van der Waals surface area contributed by atoms with Crippen LogP contribution in [0.3, 0.4) is 0 Å². The molecule has 2 aliphatic carbocycles. The van der Waals surface area contributed by atoms with E-state index in [9.17, 15) is 0 Å². The molecular formula is C15H24N4S. The monoisotopic (exact) mass is 292 g/mol. The van der Waals surface area contributed by atoms with Crippen molar-refractivity contribution in [3.8, 4) is 0 Å². The Morgan fingerprint density at radius 3 is 2.45 bits per heavy atom. The average Bonchev–Trinajstić information content (AvgIpc) is 3.21. The number of anilines is 2. The molecule has 1 aromatic heterocycles. The van der Waals surface area contributed by atoms with Crippen molar-refractivity contribution in [1.82, 2.24) is 9.97 Å². The summed E-state index contributed by atoms with van der Waals surface area (Å²) in [5, 5.41) is 7.68. The molecule has 2 atom stereocenters. The zero-order chi connectivity index (χ0) is 14.1. The molecule has 3 rings (SSSR count). The first kappa shape index (κ1) is 14.0. The number of nitrogens with one attached hydrogen (secondary N) is 2. The zero-order valence-corrected chi connectivity index (χ0v) is 13.4. The minimum Gasteiger partial charge on any atom is -0.373 e. The zero-order valence-electron chi connectivity index (χ0n) is 12.6. The van der Waals surface area contributed by atoms with Gasteiger partial charge in [0.15, 0.2) is 0 Å². The Bertz CT molecular complexity index is 487. The fourth-order valence-electron chi connectivity index (χ4n) is 2.92. The van der Waals surface area contributed by atoms with Gasteiger partial charge in [0, 0.05) is 29.8 Å². The maximum Gasteiger partial charge on any atom is 0.136 e. The van der Waals surface area contributed by atoms with Crippen LogP contribution in [0.2, 0.25) is 0 Å². The van der Waals surface area contributed by atoms with E-state index in [2.05, 4.69) is 28.8 Å². The van der Waals surface area contributed by atoms with Crippen molar-refractivity contribution in [3.63, 3.8) is 0 Å². The van der Waals surface area contributed by atoms with Gasteiger partial charge in [-0.1, -0.05) is 0 Å². The predicted octanol–water partition coefficient (Wildman–Crippen LogP) is 3.40. The molecule has 0 amide bonds. The third-order valence-electron chi connectivity index (χ3n) is 4.40. The van der Waals surface area contributed by atoms with Crippen molar-refractivity contribution < 1.29 is 0 Å². The second kappa shape index (κ2) is 5.80. The lowest BCUT2D eigenvalue weighted by molar-refractivity contribution is 0.746. The van der Waals surface area contributed by atoms with Crippen LogP contribution in [0.4, 0.5) is 11.6 Å². The van der Waals surface area contributed by atoms with Gasteiger partial charge in [-0.25, -0.2) is 9.97 Å². The number of hydrogen-bond acceptors (Lipinski definition) is 5. The molecule has 20 heavy (non-hydrogen) atoms. The molecule has 0 aromatic carbocycles. The van der Waals surface area contributed by atoms with Crippen LogP contribution in [0.25, 0.3) is 0 Å². The standard InChI is InChI=1S/C15H24N4S/c1-9-13(16-2)18-15(10-4-5-10)19-14(9)17-11-6-7-12(8-11)20-3/h10-12H,4-8H2,1-3H3,(H2,16,17,18,19). The van der Waals surface area contributed by atoms with Crippen molar-refractivity contribution in [1.29, 1.82) is 0 Å². The molecule has 1 heterocycles. The van der Waals surface area contributed by atoms with Crippen molar-refractivity contribution in [2.75, 3.05) is 23.9 Å². The fourth-order valence-corrected chi connectivity index (χ4v) is 3.72. The van der Waals surface area contributed by atoms with E-state index < -0.39 is 0 Å². The lowest BCUT2D eigenvalue weighted by Crippen LogP contribution is -2.19. The summed E-state index contributed by atoms with van der Waals surface area (Å²) in [7, 11) is 1.94. The van der Waals surface area contributed by atoms with Crippen molar-refractivity contribution in [2.45, 2.75) is 56.2 Å². The quantitative estimate of drug-likeness (QED) is 0.871. The first-order valence-corrected chi connectivity index (χ1v) is 8.85. The molecule has 4 nitrogen and oxygen atoms in total. The van der Waals surface area contributed by atoms with Gasteiger partial charge >= 0.3 is 0 Å². The van der Waals surface area contributed by atoms with Gasteiger partial charge in [0.1, 0.15) is 17.5 Å². The molecule has 2 saturated carbocycles. The van der Waals surface area contributed by atoms with Gasteiger partial charge in [0.25, 0.3) is 0 Å². The molecule has 2 unspecified atom stereocenters. The second-order valence-electron chi connectivity index (χ2n) is 5.94. The van der Waals surface area contributed by atoms with Gasteiger partial charge in [-0.3, -0.25) is 0 Å². The van der Waals surface area contributed by atoms with E-state index in [0.717, 1.165) is 28.3 Å². The molecule has 2 N–H and O–H groups in total. The molecule has 110 valence electrons. The van der Waals surface area contributed by atoms with Gasteiger partial charge in [-0.05, 0) is 45.3 Å². The maximum absolute atomic E-state index is 4.79. The highest BCUT2D eigenvalue weighted by Gasteiger charge is 2.29. The van der Waals surface area contributed by atoms with Crippen LogP contribution in [0, 0.1) is 6.92 Å². The Kier molecular flexibility index (Phi) is 4.06. The molecular weight excluding hydrogens is 268 g/mol. The van der Waals surface area contributed by atoms with Crippen LogP contribution in [-0.4, -0.2) is 34.6 Å². The van der Waals surface area contributed by atoms with E-state index in [1.54, 1.807) is 0 Å². The van der Waals surface area contributed by atoms with Gasteiger partial charge in [-0.15, -0.1) is 0 Å². The highest BCUT2D eigenvalue weighted by molar-refractivity contribution is 7.99. The van der Waals surface area contributed by atoms with E-state index >= 15 is 0 Å². The SMILES string of the molecule is CNc1nc(C2CC2)nc(NC2CCC(SC)C2)c1C. The minimum absolute atomic E-state index is 0.567. The molecule has 2 aliphatic rings. The van der Waals surface area contributed by atoms with Crippen LogP contribution in [0.5, 0.6) is 0 Å². The third-order valence-corrected chi connectivity index (χ3v) is 5.50. The molecule has 1 aromatic rings. The van der Waals surface area contributed by atoms with E-state index in [1.165, 1.54) is 32.1 Å². The first-order valence-electron chi connectivity index (χ1n) is 7.57. The number of rotatable bonds is 5. The minimum atomic E-state index is 0.567. The summed E-state index contributed by atoms with van der Waals surface area (Å²) in [4.78, 5) is 9.44. The summed E-state index contributed by atoms with van der Waals surface area (Å²) in [5.41, 5.74) is 1.14. The normalized spacial score (nSPS) is 25.8. The second-order valence-corrected chi connectivity index (χ2v) is 7.08. The molecule has 2 fully saturated rings. The van der Waals surface area contributed by atoms with E-state index in [-0.39, 0.29) is 0 Å². The largest absolute Gasteiger partial charge is 0.373 e. The predicted molar refractivity (Wildman–Crippen MR) is 86.9 cm³/mol. The van der Waals surface area contributed by atoms with Crippen LogP contribution in [0.1, 0.15) is 49.4 Å². The summed E-state index contributed by atoms with van der Waals surface area (Å²) in [5.74, 6) is 3.62. The fraction of sp³-hybridized carbons (Fsp3) is 0.733. The average molecular weight is 292 g/mol. The Balaban J connectivity index is 1.79. The Hall–Kier alpha value is -0.970. The maximum atomic E-state index is 4.79. The van der Waals surface area contributed by atoms with E-state index in [0.29, 0.717) is 12.0 Å². The highest BCUT2D eigenvalue weighted by Crippen LogP contribution is 2.40. The summed E-state index contributed by atoms with van der Waals surface area (Å²) in [6, 6.07) is 0.567. The third kappa shape index (κ3) is 2.87. The van der Waals surface area contributed by atoms with Crippen molar-refractivity contribution in [3.05, 3.63) is 11.4 Å². The van der Waals surface area contributed by atoms with Gasteiger partial charge in [-0.2, -0.15) is 11.8 Å². The Morgan fingerprint density at radius 2 is 1.85 bits per heavy atom. The van der Waals surface area contributed by atoms with Crippen molar-refractivity contribution in [2.24, 2.45) is 0 Å². The first-order chi connectivity index (χ1) is 9.71.